The standard InChI is InChI=1S/C21H25FN2O3/c1-21(2,15-6-8-18-19(12-15)27-10-9-26-18)13-23-20(25)14-5-7-17(24(3)4)16(22)11-14/h5-8,11-12H,9-10,13H2,1-4H3,(H,23,25). The fourth-order valence-corrected chi connectivity index (χ4v) is 2.98. The topological polar surface area (TPSA) is 50.8 Å². The third kappa shape index (κ3) is 4.15. The van der Waals surface area contributed by atoms with Crippen molar-refractivity contribution in [3.63, 3.8) is 0 Å². The first-order chi connectivity index (χ1) is 12.8. The molecule has 0 fully saturated rings. The van der Waals surface area contributed by atoms with Crippen molar-refractivity contribution in [2.45, 2.75) is 19.3 Å². The first-order valence-electron chi connectivity index (χ1n) is 8.93. The molecule has 0 unspecified atom stereocenters. The van der Waals surface area contributed by atoms with Crippen LogP contribution < -0.4 is 19.7 Å². The molecule has 5 nitrogen and oxygen atoms in total. The number of hydrogen-bond donors (Lipinski definition) is 1. The van der Waals surface area contributed by atoms with Gasteiger partial charge in [0.1, 0.15) is 19.0 Å². The normalized spacial score (nSPS) is 13.2. The van der Waals surface area contributed by atoms with E-state index in [9.17, 15) is 9.18 Å². The number of anilines is 1. The Hall–Kier alpha value is -2.76. The number of nitrogens with one attached hydrogen (secondary N) is 1. The van der Waals surface area contributed by atoms with E-state index in [1.165, 1.54) is 6.07 Å². The smallest absolute Gasteiger partial charge is 0.251 e. The average Bonchev–Trinajstić information content (AvgIpc) is 2.65. The van der Waals surface area contributed by atoms with Gasteiger partial charge in [-0.05, 0) is 35.9 Å². The number of hydrogen-bond acceptors (Lipinski definition) is 4. The Balaban J connectivity index is 1.69. The van der Waals surface area contributed by atoms with Crippen molar-refractivity contribution in [1.29, 1.82) is 0 Å². The number of fused-ring (bicyclic) bond motifs is 1. The summed E-state index contributed by atoms with van der Waals surface area (Å²) in [6, 6.07) is 10.3. The minimum atomic E-state index is -0.418. The highest BCUT2D eigenvalue weighted by molar-refractivity contribution is 5.94. The summed E-state index contributed by atoms with van der Waals surface area (Å²) in [5, 5.41) is 2.90. The van der Waals surface area contributed by atoms with Crippen LogP contribution in [0.2, 0.25) is 0 Å². The highest BCUT2D eigenvalue weighted by Crippen LogP contribution is 2.35. The molecule has 1 aliphatic rings. The lowest BCUT2D eigenvalue weighted by molar-refractivity contribution is 0.0945. The largest absolute Gasteiger partial charge is 0.486 e. The molecule has 0 bridgehead atoms. The lowest BCUT2D eigenvalue weighted by atomic mass is 9.84. The molecule has 0 radical (unpaired) electrons. The van der Waals surface area contributed by atoms with Gasteiger partial charge in [0.2, 0.25) is 0 Å². The summed E-state index contributed by atoms with van der Waals surface area (Å²) in [6.07, 6.45) is 0. The third-order valence-electron chi connectivity index (χ3n) is 4.71. The Morgan fingerprint density at radius 2 is 1.81 bits per heavy atom. The van der Waals surface area contributed by atoms with Gasteiger partial charge in [0.05, 0.1) is 5.69 Å². The van der Waals surface area contributed by atoms with Crippen molar-refractivity contribution in [3.05, 3.63) is 53.3 Å². The Bertz CT molecular complexity index is 849. The second kappa shape index (κ2) is 7.47. The van der Waals surface area contributed by atoms with E-state index >= 15 is 0 Å². The molecule has 0 atom stereocenters. The molecule has 1 heterocycles. The Morgan fingerprint density at radius 3 is 2.48 bits per heavy atom. The van der Waals surface area contributed by atoms with Crippen LogP contribution in [0.25, 0.3) is 0 Å². The van der Waals surface area contributed by atoms with Gasteiger partial charge >= 0.3 is 0 Å². The van der Waals surface area contributed by atoms with Crippen molar-refractivity contribution in [1.82, 2.24) is 5.32 Å². The van der Waals surface area contributed by atoms with Gasteiger partial charge < -0.3 is 19.7 Å². The Labute approximate surface area is 159 Å². The molecule has 0 aliphatic carbocycles. The van der Waals surface area contributed by atoms with Crippen molar-refractivity contribution in [2.75, 3.05) is 38.8 Å². The molecule has 0 aromatic heterocycles. The van der Waals surface area contributed by atoms with Crippen LogP contribution in [-0.2, 0) is 5.41 Å². The number of ether oxygens (including phenoxy) is 2. The average molecular weight is 372 g/mol. The minimum absolute atomic E-state index is 0.301. The molecule has 144 valence electrons. The maximum absolute atomic E-state index is 14.1. The van der Waals surface area contributed by atoms with E-state index in [2.05, 4.69) is 5.32 Å². The van der Waals surface area contributed by atoms with Gasteiger partial charge in [0, 0.05) is 31.6 Å². The predicted octanol–water partition coefficient (Wildman–Crippen LogP) is 3.37. The fraction of sp³-hybridized carbons (Fsp3) is 0.381. The van der Waals surface area contributed by atoms with E-state index in [-0.39, 0.29) is 11.3 Å². The summed E-state index contributed by atoms with van der Waals surface area (Å²) in [6.45, 7) is 5.56. The summed E-state index contributed by atoms with van der Waals surface area (Å²) < 4.78 is 25.3. The van der Waals surface area contributed by atoms with Gasteiger partial charge in [0.15, 0.2) is 11.5 Å². The summed E-state index contributed by atoms with van der Waals surface area (Å²) >= 11 is 0. The first kappa shape index (κ1) is 19.0. The zero-order valence-electron chi connectivity index (χ0n) is 16.1. The molecule has 1 aliphatic heterocycles. The molecule has 0 spiro atoms. The molecular weight excluding hydrogens is 347 g/mol. The third-order valence-corrected chi connectivity index (χ3v) is 4.71. The molecule has 0 saturated carbocycles. The zero-order valence-corrected chi connectivity index (χ0v) is 16.1. The molecule has 1 N–H and O–H groups in total. The number of halogens is 1. The fourth-order valence-electron chi connectivity index (χ4n) is 2.98. The van der Waals surface area contributed by atoms with E-state index < -0.39 is 5.82 Å². The van der Waals surface area contributed by atoms with E-state index in [0.29, 0.717) is 31.0 Å². The lowest BCUT2D eigenvalue weighted by Gasteiger charge is -2.28. The summed E-state index contributed by atoms with van der Waals surface area (Å²) in [5.41, 5.74) is 1.45. The molecule has 2 aromatic carbocycles. The number of nitrogens with zero attached hydrogens (tertiary/aromatic N) is 1. The maximum Gasteiger partial charge on any atom is 0.251 e. The number of carbonyl (C=O) groups is 1. The first-order valence-corrected chi connectivity index (χ1v) is 8.93. The predicted molar refractivity (Wildman–Crippen MR) is 104 cm³/mol. The van der Waals surface area contributed by atoms with Crippen LogP contribution in [0.5, 0.6) is 11.5 Å². The molecule has 6 heteroatoms. The van der Waals surface area contributed by atoms with E-state index in [4.69, 9.17) is 9.47 Å². The van der Waals surface area contributed by atoms with Gasteiger partial charge in [-0.3, -0.25) is 4.79 Å². The minimum Gasteiger partial charge on any atom is -0.486 e. The van der Waals surface area contributed by atoms with Crippen LogP contribution in [0.1, 0.15) is 29.8 Å². The Kier molecular flexibility index (Phi) is 5.26. The maximum atomic E-state index is 14.1. The van der Waals surface area contributed by atoms with E-state index in [1.54, 1.807) is 31.1 Å². The van der Waals surface area contributed by atoms with Crippen molar-refractivity contribution in [3.8, 4) is 11.5 Å². The van der Waals surface area contributed by atoms with Gasteiger partial charge in [-0.25, -0.2) is 4.39 Å². The van der Waals surface area contributed by atoms with Gasteiger partial charge in [0.25, 0.3) is 5.91 Å². The summed E-state index contributed by atoms with van der Waals surface area (Å²) in [4.78, 5) is 14.1. The summed E-state index contributed by atoms with van der Waals surface area (Å²) in [7, 11) is 3.52. The van der Waals surface area contributed by atoms with E-state index in [1.807, 2.05) is 32.0 Å². The molecule has 3 rings (SSSR count). The molecule has 2 aromatic rings. The van der Waals surface area contributed by atoms with E-state index in [0.717, 1.165) is 17.1 Å². The lowest BCUT2D eigenvalue weighted by Crippen LogP contribution is -2.36. The molecular formula is C21H25FN2O3. The highest BCUT2D eigenvalue weighted by Gasteiger charge is 2.24. The van der Waals surface area contributed by atoms with Crippen molar-refractivity contribution >= 4 is 11.6 Å². The van der Waals surface area contributed by atoms with Crippen LogP contribution in [0.15, 0.2) is 36.4 Å². The second-order valence-electron chi connectivity index (χ2n) is 7.49. The quantitative estimate of drug-likeness (QED) is 0.874. The van der Waals surface area contributed by atoms with Crippen LogP contribution in [0.3, 0.4) is 0 Å². The SMILES string of the molecule is CN(C)c1ccc(C(=O)NCC(C)(C)c2ccc3c(c2)OCCO3)cc1F. The summed E-state index contributed by atoms with van der Waals surface area (Å²) in [5.74, 6) is 0.740. The molecule has 0 saturated heterocycles. The number of carbonyl (C=O) groups excluding carboxylic acids is 1. The van der Waals surface area contributed by atoms with Crippen LogP contribution in [-0.4, -0.2) is 39.8 Å². The number of benzene rings is 2. The number of rotatable bonds is 5. The molecule has 1 amide bonds. The highest BCUT2D eigenvalue weighted by atomic mass is 19.1. The van der Waals surface area contributed by atoms with Crippen LogP contribution in [0.4, 0.5) is 10.1 Å². The molecule has 27 heavy (non-hydrogen) atoms. The van der Waals surface area contributed by atoms with Crippen molar-refractivity contribution in [2.24, 2.45) is 0 Å². The van der Waals surface area contributed by atoms with Gasteiger partial charge in [-0.1, -0.05) is 19.9 Å². The number of amides is 1. The van der Waals surface area contributed by atoms with Crippen molar-refractivity contribution < 1.29 is 18.7 Å². The monoisotopic (exact) mass is 372 g/mol. The Morgan fingerprint density at radius 1 is 1.11 bits per heavy atom. The second-order valence-corrected chi connectivity index (χ2v) is 7.49. The van der Waals surface area contributed by atoms with Crippen LogP contribution in [0, 0.1) is 5.82 Å². The van der Waals surface area contributed by atoms with Crippen LogP contribution >= 0.6 is 0 Å². The van der Waals surface area contributed by atoms with Gasteiger partial charge in [-0.2, -0.15) is 0 Å². The van der Waals surface area contributed by atoms with Gasteiger partial charge in [-0.15, -0.1) is 0 Å². The zero-order chi connectivity index (χ0) is 19.6.